The van der Waals surface area contributed by atoms with E-state index in [-0.39, 0.29) is 5.82 Å². The first-order valence-electron chi connectivity index (χ1n) is 10.9. The summed E-state index contributed by atoms with van der Waals surface area (Å²) in [6.45, 7) is 1.79. The monoisotopic (exact) mass is 493 g/mol. The predicted molar refractivity (Wildman–Crippen MR) is 135 cm³/mol. The zero-order valence-electron chi connectivity index (χ0n) is 19.4. The average molecular weight is 494 g/mol. The van der Waals surface area contributed by atoms with Gasteiger partial charge in [-0.3, -0.25) is 4.79 Å². The maximum atomic E-state index is 13.4. The SMILES string of the molecule is CC[C@H](NC(=O)c1ccc(-c2ccc(Nc3nc4ccc(F)cc4s3)cc2)cc1OC)C(=O)OC. The summed E-state index contributed by atoms with van der Waals surface area (Å²) < 4.78 is 24.4. The van der Waals surface area contributed by atoms with E-state index >= 15 is 0 Å². The third-order valence-corrected chi connectivity index (χ3v) is 6.40. The fraction of sp³-hybridized carbons (Fsp3) is 0.192. The molecule has 3 aromatic carbocycles. The van der Waals surface area contributed by atoms with Crippen molar-refractivity contribution in [2.45, 2.75) is 19.4 Å². The summed E-state index contributed by atoms with van der Waals surface area (Å²) in [6, 6.07) is 16.8. The molecule has 0 saturated carbocycles. The van der Waals surface area contributed by atoms with E-state index in [1.54, 1.807) is 25.1 Å². The number of hydrogen-bond acceptors (Lipinski definition) is 7. The van der Waals surface area contributed by atoms with E-state index in [1.165, 1.54) is 37.7 Å². The van der Waals surface area contributed by atoms with Gasteiger partial charge in [-0.15, -0.1) is 0 Å². The maximum Gasteiger partial charge on any atom is 0.328 e. The Kier molecular flexibility index (Phi) is 7.26. The lowest BCUT2D eigenvalue weighted by Crippen LogP contribution is -2.41. The lowest BCUT2D eigenvalue weighted by atomic mass is 10.0. The predicted octanol–water partition coefficient (Wildman–Crippen LogP) is 5.54. The molecular formula is C26H24FN3O4S. The highest BCUT2D eigenvalue weighted by molar-refractivity contribution is 7.22. The van der Waals surface area contributed by atoms with E-state index < -0.39 is 17.9 Å². The molecule has 180 valence electrons. The van der Waals surface area contributed by atoms with Crippen LogP contribution in [0.4, 0.5) is 15.2 Å². The van der Waals surface area contributed by atoms with E-state index in [1.807, 2.05) is 30.3 Å². The number of ether oxygens (including phenoxy) is 2. The van der Waals surface area contributed by atoms with Crippen molar-refractivity contribution in [2.24, 2.45) is 0 Å². The third-order valence-electron chi connectivity index (χ3n) is 5.47. The number of hydrogen-bond donors (Lipinski definition) is 2. The number of carbonyl (C=O) groups excluding carboxylic acids is 2. The second kappa shape index (κ2) is 10.5. The molecular weight excluding hydrogens is 469 g/mol. The molecule has 0 unspecified atom stereocenters. The average Bonchev–Trinajstić information content (AvgIpc) is 3.27. The number of nitrogens with zero attached hydrogens (tertiary/aromatic N) is 1. The number of fused-ring (bicyclic) bond motifs is 1. The summed E-state index contributed by atoms with van der Waals surface area (Å²) in [5, 5.41) is 6.60. The summed E-state index contributed by atoms with van der Waals surface area (Å²) in [6.07, 6.45) is 0.410. The molecule has 4 aromatic rings. The highest BCUT2D eigenvalue weighted by Crippen LogP contribution is 2.31. The van der Waals surface area contributed by atoms with E-state index in [9.17, 15) is 14.0 Å². The topological polar surface area (TPSA) is 89.5 Å². The Morgan fingerprint density at radius 2 is 1.77 bits per heavy atom. The van der Waals surface area contributed by atoms with E-state index in [4.69, 9.17) is 9.47 Å². The lowest BCUT2D eigenvalue weighted by Gasteiger charge is -2.16. The molecule has 7 nitrogen and oxygen atoms in total. The quantitative estimate of drug-likeness (QED) is 0.314. The minimum Gasteiger partial charge on any atom is -0.496 e. The highest BCUT2D eigenvalue weighted by Gasteiger charge is 2.22. The second-order valence-corrected chi connectivity index (χ2v) is 8.74. The van der Waals surface area contributed by atoms with Gasteiger partial charge in [0, 0.05) is 5.69 Å². The number of rotatable bonds is 8. The van der Waals surface area contributed by atoms with Crippen molar-refractivity contribution < 1.29 is 23.5 Å². The molecule has 1 heterocycles. The van der Waals surface area contributed by atoms with Crippen molar-refractivity contribution in [3.63, 3.8) is 0 Å². The number of esters is 1. The van der Waals surface area contributed by atoms with Crippen LogP contribution in [-0.2, 0) is 9.53 Å². The highest BCUT2D eigenvalue weighted by atomic mass is 32.1. The largest absolute Gasteiger partial charge is 0.496 e. The van der Waals surface area contributed by atoms with Gasteiger partial charge in [-0.1, -0.05) is 36.5 Å². The van der Waals surface area contributed by atoms with Crippen LogP contribution in [0.1, 0.15) is 23.7 Å². The lowest BCUT2D eigenvalue weighted by molar-refractivity contribution is -0.142. The normalized spacial score (nSPS) is 11.7. The van der Waals surface area contributed by atoms with Crippen molar-refractivity contribution in [1.82, 2.24) is 10.3 Å². The molecule has 9 heteroatoms. The first-order valence-corrected chi connectivity index (χ1v) is 11.7. The van der Waals surface area contributed by atoms with E-state index in [2.05, 4.69) is 15.6 Å². The third kappa shape index (κ3) is 5.41. The fourth-order valence-electron chi connectivity index (χ4n) is 3.59. The molecule has 1 amide bonds. The summed E-state index contributed by atoms with van der Waals surface area (Å²) in [5.41, 5.74) is 3.69. The Morgan fingerprint density at radius 1 is 1.03 bits per heavy atom. The summed E-state index contributed by atoms with van der Waals surface area (Å²) >= 11 is 1.38. The van der Waals surface area contributed by atoms with E-state index in [0.29, 0.717) is 22.9 Å². The van der Waals surface area contributed by atoms with Crippen LogP contribution in [-0.4, -0.2) is 37.1 Å². The first kappa shape index (κ1) is 24.2. The smallest absolute Gasteiger partial charge is 0.328 e. The molecule has 1 atom stereocenters. The summed E-state index contributed by atoms with van der Waals surface area (Å²) in [7, 11) is 2.78. The van der Waals surface area contributed by atoms with Crippen LogP contribution in [0.15, 0.2) is 60.7 Å². The van der Waals surface area contributed by atoms with Gasteiger partial charge >= 0.3 is 5.97 Å². The van der Waals surface area contributed by atoms with Gasteiger partial charge < -0.3 is 20.1 Å². The van der Waals surface area contributed by atoms with Gasteiger partial charge in [-0.05, 0) is 60.0 Å². The Hall–Kier alpha value is -3.98. The van der Waals surface area contributed by atoms with Crippen molar-refractivity contribution in [3.05, 3.63) is 72.0 Å². The van der Waals surface area contributed by atoms with Gasteiger partial charge in [0.2, 0.25) is 0 Å². The molecule has 0 fully saturated rings. The number of benzene rings is 3. The molecule has 2 N–H and O–H groups in total. The Morgan fingerprint density at radius 3 is 2.46 bits per heavy atom. The van der Waals surface area contributed by atoms with Gasteiger partial charge in [0.15, 0.2) is 5.13 Å². The maximum absolute atomic E-state index is 13.4. The molecule has 0 radical (unpaired) electrons. The summed E-state index contributed by atoms with van der Waals surface area (Å²) in [4.78, 5) is 29.0. The van der Waals surface area contributed by atoms with Gasteiger partial charge in [0.1, 0.15) is 17.6 Å². The Labute approximate surface area is 205 Å². The zero-order chi connectivity index (χ0) is 24.9. The minimum atomic E-state index is -0.730. The number of anilines is 2. The molecule has 4 rings (SSSR count). The fourth-order valence-corrected chi connectivity index (χ4v) is 4.50. The Bertz CT molecular complexity index is 1370. The molecule has 0 saturated heterocycles. The van der Waals surface area contributed by atoms with Gasteiger partial charge in [0.05, 0.1) is 30.0 Å². The van der Waals surface area contributed by atoms with Crippen LogP contribution in [0, 0.1) is 5.82 Å². The molecule has 0 aliphatic rings. The number of thiazole rings is 1. The Balaban J connectivity index is 1.50. The van der Waals surface area contributed by atoms with Crippen LogP contribution < -0.4 is 15.4 Å². The molecule has 1 aromatic heterocycles. The minimum absolute atomic E-state index is 0.287. The molecule has 0 bridgehead atoms. The molecule has 0 spiro atoms. The van der Waals surface area contributed by atoms with Crippen LogP contribution in [0.3, 0.4) is 0 Å². The molecule has 0 aliphatic heterocycles. The van der Waals surface area contributed by atoms with Gasteiger partial charge in [-0.25, -0.2) is 14.2 Å². The van der Waals surface area contributed by atoms with Gasteiger partial charge in [0.25, 0.3) is 5.91 Å². The summed E-state index contributed by atoms with van der Waals surface area (Å²) in [5.74, 6) is -0.808. The first-order chi connectivity index (χ1) is 16.9. The number of nitrogens with one attached hydrogen (secondary N) is 2. The van der Waals surface area contributed by atoms with Crippen molar-refractivity contribution in [3.8, 4) is 16.9 Å². The molecule has 35 heavy (non-hydrogen) atoms. The second-order valence-electron chi connectivity index (χ2n) is 7.71. The number of amides is 1. The van der Waals surface area contributed by atoms with Gasteiger partial charge in [-0.2, -0.15) is 0 Å². The van der Waals surface area contributed by atoms with Crippen molar-refractivity contribution in [1.29, 1.82) is 0 Å². The van der Waals surface area contributed by atoms with Crippen LogP contribution in [0.5, 0.6) is 5.75 Å². The van der Waals surface area contributed by atoms with Crippen molar-refractivity contribution >= 4 is 44.2 Å². The zero-order valence-corrected chi connectivity index (χ0v) is 20.2. The van der Waals surface area contributed by atoms with Crippen molar-refractivity contribution in [2.75, 3.05) is 19.5 Å². The van der Waals surface area contributed by atoms with Crippen LogP contribution in [0.25, 0.3) is 21.3 Å². The van der Waals surface area contributed by atoms with E-state index in [0.717, 1.165) is 27.0 Å². The number of halogens is 1. The number of aromatic nitrogens is 1. The molecule has 0 aliphatic carbocycles. The van der Waals surface area contributed by atoms with Crippen LogP contribution >= 0.6 is 11.3 Å². The standard InChI is InChI=1S/C26H24FN3O4S/c1-4-20(25(32)34-3)29-24(31)19-11-7-16(13-22(19)33-2)15-5-9-18(10-6-15)28-26-30-21-12-8-17(27)14-23(21)35-26/h5-14,20H,4H2,1-3H3,(H,28,30)(H,29,31)/t20-/m0/s1. The van der Waals surface area contributed by atoms with Crippen LogP contribution in [0.2, 0.25) is 0 Å². The number of methoxy groups -OCH3 is 2. The number of carbonyl (C=O) groups is 2.